The van der Waals surface area contributed by atoms with Gasteiger partial charge in [-0.1, -0.05) is 46.0 Å². The van der Waals surface area contributed by atoms with E-state index in [2.05, 4.69) is 26.7 Å². The van der Waals surface area contributed by atoms with Crippen LogP contribution in [0.25, 0.3) is 0 Å². The van der Waals surface area contributed by atoms with Crippen LogP contribution >= 0.6 is 0 Å². The molecule has 0 aliphatic heterocycles. The van der Waals surface area contributed by atoms with Crippen molar-refractivity contribution in [3.8, 4) is 0 Å². The minimum absolute atomic E-state index is 0. The number of hydrogen-bond donors (Lipinski definition) is 0. The zero-order chi connectivity index (χ0) is 8.81. The molecule has 1 atom stereocenters. The summed E-state index contributed by atoms with van der Waals surface area (Å²) in [4.78, 5) is 0. The third-order valence-electron chi connectivity index (χ3n) is 2.90. The van der Waals surface area contributed by atoms with Crippen molar-refractivity contribution >= 4 is 0 Å². The number of hydrogen-bond acceptors (Lipinski definition) is 0. The molecule has 0 aromatic rings. The molecule has 0 saturated heterocycles. The van der Waals surface area contributed by atoms with Gasteiger partial charge in [-0.2, -0.15) is 0 Å². The van der Waals surface area contributed by atoms with Gasteiger partial charge >= 0.3 is 0 Å². The second kappa shape index (κ2) is 7.86. The van der Waals surface area contributed by atoms with Gasteiger partial charge in [0.25, 0.3) is 0 Å². The van der Waals surface area contributed by atoms with E-state index in [1.165, 1.54) is 38.5 Å². The van der Waals surface area contributed by atoms with Crippen molar-refractivity contribution in [2.45, 2.75) is 52.4 Å². The Balaban J connectivity index is 0.000000206. The molecule has 80 valence electrons. The first-order chi connectivity index (χ1) is 5.79. The Hall–Kier alpha value is 0.494. The van der Waals surface area contributed by atoms with Gasteiger partial charge in [0.2, 0.25) is 0 Å². The summed E-state index contributed by atoms with van der Waals surface area (Å²) in [7, 11) is 0. The van der Waals surface area contributed by atoms with E-state index in [9.17, 15) is 0 Å². The smallest absolute Gasteiger partial charge is 0 e. The van der Waals surface area contributed by atoms with E-state index in [4.69, 9.17) is 0 Å². The molecule has 0 spiro atoms. The summed E-state index contributed by atoms with van der Waals surface area (Å²) < 4.78 is 0. The first-order valence-electron chi connectivity index (χ1n) is 5.45. The summed E-state index contributed by atoms with van der Waals surface area (Å²) in [6.07, 6.45) is 13.2. The molecule has 0 aromatic heterocycles. The summed E-state index contributed by atoms with van der Waals surface area (Å²) in [5, 5.41) is 0. The average molecular weight is 225 g/mol. The number of rotatable bonds is 0. The normalized spacial score (nSPS) is 23.5. The van der Waals surface area contributed by atoms with E-state index in [1.807, 2.05) is 0 Å². The van der Waals surface area contributed by atoms with Crippen LogP contribution in [0.15, 0.2) is 0 Å². The van der Waals surface area contributed by atoms with Crippen molar-refractivity contribution in [1.29, 1.82) is 0 Å². The molecule has 0 bridgehead atoms. The molecule has 0 aromatic carbocycles. The zero-order valence-corrected chi connectivity index (χ0v) is 9.86. The van der Waals surface area contributed by atoms with Crippen LogP contribution < -0.4 is 0 Å². The summed E-state index contributed by atoms with van der Waals surface area (Å²) in [5.41, 5.74) is 0. The van der Waals surface area contributed by atoms with E-state index in [0.29, 0.717) is 0 Å². The van der Waals surface area contributed by atoms with Gasteiger partial charge in [0.15, 0.2) is 0 Å². The second-order valence-corrected chi connectivity index (χ2v) is 4.37. The van der Waals surface area contributed by atoms with Crippen LogP contribution in [-0.4, -0.2) is 0 Å². The van der Waals surface area contributed by atoms with E-state index in [0.717, 1.165) is 11.8 Å². The van der Waals surface area contributed by atoms with Gasteiger partial charge in [0, 0.05) is 16.5 Å². The Morgan fingerprint density at radius 1 is 1.00 bits per heavy atom. The van der Waals surface area contributed by atoms with Gasteiger partial charge in [0.05, 0.1) is 0 Å². The van der Waals surface area contributed by atoms with Crippen LogP contribution in [0.3, 0.4) is 0 Å². The molecule has 0 N–H and O–H groups in total. The molecule has 2 saturated carbocycles. The molecular weight excluding hydrogens is 203 g/mol. The van der Waals surface area contributed by atoms with Crippen LogP contribution in [0.1, 0.15) is 52.4 Å². The van der Waals surface area contributed by atoms with Crippen LogP contribution in [-0.2, 0) is 16.5 Å². The SMILES string of the molecule is CC1CCCC1.CC1[CH][CH]CC1.[Ni]. The molecule has 2 aliphatic rings. The molecule has 13 heavy (non-hydrogen) atoms. The Kier molecular flexibility index (Phi) is 8.16. The van der Waals surface area contributed by atoms with Crippen LogP contribution in [0, 0.1) is 24.7 Å². The second-order valence-electron chi connectivity index (χ2n) is 4.37. The molecule has 2 fully saturated rings. The fourth-order valence-electron chi connectivity index (χ4n) is 1.91. The first-order valence-corrected chi connectivity index (χ1v) is 5.45. The third-order valence-corrected chi connectivity index (χ3v) is 2.90. The Labute approximate surface area is 93.8 Å². The largest absolute Gasteiger partial charge is 0.0625 e. The molecule has 0 heterocycles. The minimum atomic E-state index is 0. The standard InChI is InChI=1S/C6H12.C6H10.Ni/c2*1-6-4-2-3-5-6;/h6H,2-5H2,1H3;2,4,6H,3,5H2,1H3;. The first kappa shape index (κ1) is 13.5. The van der Waals surface area contributed by atoms with Gasteiger partial charge in [0.1, 0.15) is 0 Å². The van der Waals surface area contributed by atoms with Crippen molar-refractivity contribution in [3.63, 3.8) is 0 Å². The van der Waals surface area contributed by atoms with E-state index in [-0.39, 0.29) is 16.5 Å². The molecule has 2 radical (unpaired) electrons. The maximum atomic E-state index is 2.34. The van der Waals surface area contributed by atoms with E-state index in [1.54, 1.807) is 0 Å². The molecule has 2 rings (SSSR count). The van der Waals surface area contributed by atoms with Crippen molar-refractivity contribution in [2.24, 2.45) is 11.8 Å². The molecule has 0 nitrogen and oxygen atoms in total. The van der Waals surface area contributed by atoms with Gasteiger partial charge in [-0.15, -0.1) is 0 Å². The summed E-state index contributed by atoms with van der Waals surface area (Å²) in [6, 6.07) is 0. The fourth-order valence-corrected chi connectivity index (χ4v) is 1.91. The monoisotopic (exact) mass is 224 g/mol. The summed E-state index contributed by atoms with van der Waals surface area (Å²) in [6.45, 7) is 4.59. The maximum absolute atomic E-state index is 2.34. The summed E-state index contributed by atoms with van der Waals surface area (Å²) in [5.74, 6) is 1.91. The quantitative estimate of drug-likeness (QED) is 0.546. The van der Waals surface area contributed by atoms with E-state index >= 15 is 0 Å². The van der Waals surface area contributed by atoms with Crippen LogP contribution in [0.2, 0.25) is 0 Å². The van der Waals surface area contributed by atoms with Gasteiger partial charge in [-0.25, -0.2) is 0 Å². The Morgan fingerprint density at radius 3 is 1.77 bits per heavy atom. The van der Waals surface area contributed by atoms with Crippen LogP contribution in [0.5, 0.6) is 0 Å². The maximum Gasteiger partial charge on any atom is 0 e. The predicted molar refractivity (Wildman–Crippen MR) is 54.6 cm³/mol. The zero-order valence-electron chi connectivity index (χ0n) is 8.87. The fraction of sp³-hybridized carbons (Fsp3) is 0.833. The molecule has 1 unspecified atom stereocenters. The molecule has 1 heteroatoms. The van der Waals surface area contributed by atoms with Crippen LogP contribution in [0.4, 0.5) is 0 Å². The summed E-state index contributed by atoms with van der Waals surface area (Å²) >= 11 is 0. The molecular formula is C12H22Ni. The Morgan fingerprint density at radius 2 is 1.62 bits per heavy atom. The van der Waals surface area contributed by atoms with E-state index < -0.39 is 0 Å². The van der Waals surface area contributed by atoms with Crippen molar-refractivity contribution < 1.29 is 16.5 Å². The van der Waals surface area contributed by atoms with Crippen molar-refractivity contribution in [2.75, 3.05) is 0 Å². The third kappa shape index (κ3) is 6.55. The minimum Gasteiger partial charge on any atom is -0.0625 e. The van der Waals surface area contributed by atoms with Gasteiger partial charge < -0.3 is 0 Å². The predicted octanol–water partition coefficient (Wildman–Crippen LogP) is 4.02. The Bertz CT molecular complexity index is 85.7. The van der Waals surface area contributed by atoms with Crippen molar-refractivity contribution in [1.82, 2.24) is 0 Å². The average Bonchev–Trinajstić information content (AvgIpc) is 2.63. The molecule has 2 aliphatic carbocycles. The topological polar surface area (TPSA) is 0 Å². The van der Waals surface area contributed by atoms with Gasteiger partial charge in [-0.05, 0) is 31.1 Å². The molecule has 0 amide bonds. The van der Waals surface area contributed by atoms with Crippen molar-refractivity contribution in [3.05, 3.63) is 12.8 Å². The van der Waals surface area contributed by atoms with Gasteiger partial charge in [-0.3, -0.25) is 0 Å².